The third-order valence-corrected chi connectivity index (χ3v) is 5.09. The lowest BCUT2D eigenvalue weighted by atomic mass is 9.93. The van der Waals surface area contributed by atoms with Crippen LogP contribution >= 0.6 is 0 Å². The maximum absolute atomic E-state index is 12.2. The molecule has 2 aromatic rings. The highest BCUT2D eigenvalue weighted by molar-refractivity contribution is 5.79. The summed E-state index contributed by atoms with van der Waals surface area (Å²) in [7, 11) is 0. The molecule has 0 saturated carbocycles. The van der Waals surface area contributed by atoms with Crippen molar-refractivity contribution in [2.45, 2.75) is 57.8 Å². The molecule has 4 heteroatoms. The molecule has 2 N–H and O–H groups in total. The van der Waals surface area contributed by atoms with Crippen LogP contribution in [0.4, 0.5) is 0 Å². The summed E-state index contributed by atoms with van der Waals surface area (Å²) in [6.07, 6.45) is 5.53. The van der Waals surface area contributed by atoms with Crippen LogP contribution in [0.2, 0.25) is 0 Å². The van der Waals surface area contributed by atoms with Gasteiger partial charge in [0.05, 0.1) is 12.7 Å². The van der Waals surface area contributed by atoms with Gasteiger partial charge in [-0.3, -0.25) is 4.79 Å². The minimum atomic E-state index is -1.18. The van der Waals surface area contributed by atoms with Gasteiger partial charge in [0.15, 0.2) is 0 Å². The minimum Gasteiger partial charge on any atom is -0.373 e. The molecule has 1 saturated heterocycles. The van der Waals surface area contributed by atoms with Crippen LogP contribution in [0.1, 0.15) is 43.4 Å². The Labute approximate surface area is 167 Å². The summed E-state index contributed by atoms with van der Waals surface area (Å²) in [5, 5.41) is 12.3. The van der Waals surface area contributed by atoms with Gasteiger partial charge in [-0.25, -0.2) is 0 Å². The molecular formula is C24H31NO3. The smallest absolute Gasteiger partial charge is 0.225 e. The normalized spacial score (nSPS) is 18.5. The lowest BCUT2D eigenvalue weighted by molar-refractivity contribution is -0.131. The van der Waals surface area contributed by atoms with E-state index in [1.54, 1.807) is 25.0 Å². The maximum Gasteiger partial charge on any atom is 0.225 e. The number of aliphatic hydroxyl groups is 1. The second-order valence-electron chi connectivity index (χ2n) is 8.25. The molecule has 2 aromatic carbocycles. The number of aryl methyl sites for hydroxylation is 2. The summed E-state index contributed by atoms with van der Waals surface area (Å²) in [6, 6.07) is 18.6. The van der Waals surface area contributed by atoms with Crippen molar-refractivity contribution in [3.8, 4) is 0 Å². The van der Waals surface area contributed by atoms with Gasteiger partial charge in [-0.2, -0.15) is 0 Å². The first-order valence-electron chi connectivity index (χ1n) is 10.2. The first-order valence-corrected chi connectivity index (χ1v) is 10.2. The number of hydrogen-bond acceptors (Lipinski definition) is 3. The Kier molecular flexibility index (Phi) is 6.87. The quantitative estimate of drug-likeness (QED) is 0.593. The van der Waals surface area contributed by atoms with E-state index in [0.717, 1.165) is 12.2 Å². The molecular weight excluding hydrogens is 350 g/mol. The molecule has 0 bridgehead atoms. The molecule has 0 spiro atoms. The van der Waals surface area contributed by atoms with Crippen molar-refractivity contribution < 1.29 is 14.6 Å². The second-order valence-corrected chi connectivity index (χ2v) is 8.25. The number of hydrogen-bond donors (Lipinski definition) is 2. The van der Waals surface area contributed by atoms with E-state index in [-0.39, 0.29) is 17.9 Å². The zero-order valence-electron chi connectivity index (χ0n) is 16.9. The lowest BCUT2D eigenvalue weighted by Gasteiger charge is -2.23. The van der Waals surface area contributed by atoms with Crippen molar-refractivity contribution in [2.24, 2.45) is 5.92 Å². The molecule has 1 amide bonds. The Hall–Kier alpha value is -2.17. The Balaban J connectivity index is 0.000000206. The average Bonchev–Trinajstić information content (AvgIpc) is 3.34. The SMILES string of the molecule is CC(C)(O)NC(=O)[C@H](Cc1ccccc1)CC1CO1.c1ccc2c(c1)CCC2. The molecule has 28 heavy (non-hydrogen) atoms. The van der Waals surface area contributed by atoms with Crippen molar-refractivity contribution in [3.05, 3.63) is 71.3 Å². The maximum atomic E-state index is 12.2. The number of ether oxygens (including phenoxy) is 1. The predicted octanol–water partition coefficient (Wildman–Crippen LogP) is 3.65. The van der Waals surface area contributed by atoms with Gasteiger partial charge in [-0.15, -0.1) is 0 Å². The summed E-state index contributed by atoms with van der Waals surface area (Å²) in [5.74, 6) is -0.284. The van der Waals surface area contributed by atoms with Gasteiger partial charge in [-0.1, -0.05) is 54.6 Å². The van der Waals surface area contributed by atoms with Crippen LogP contribution in [0.3, 0.4) is 0 Å². The van der Waals surface area contributed by atoms with E-state index >= 15 is 0 Å². The fourth-order valence-corrected chi connectivity index (χ4v) is 3.62. The molecule has 2 aliphatic rings. The van der Waals surface area contributed by atoms with Gasteiger partial charge in [0.2, 0.25) is 5.91 Å². The van der Waals surface area contributed by atoms with Crippen LogP contribution in [-0.2, 0) is 28.8 Å². The summed E-state index contributed by atoms with van der Waals surface area (Å²) in [6.45, 7) is 3.87. The molecule has 1 aliphatic heterocycles. The molecule has 4 nitrogen and oxygen atoms in total. The fraction of sp³-hybridized carbons (Fsp3) is 0.458. The largest absolute Gasteiger partial charge is 0.373 e. The third-order valence-electron chi connectivity index (χ3n) is 5.09. The zero-order valence-corrected chi connectivity index (χ0v) is 16.9. The van der Waals surface area contributed by atoms with Crippen molar-refractivity contribution in [1.29, 1.82) is 0 Å². The topological polar surface area (TPSA) is 61.9 Å². The molecule has 0 radical (unpaired) electrons. The van der Waals surface area contributed by atoms with Gasteiger partial charge >= 0.3 is 0 Å². The summed E-state index contributed by atoms with van der Waals surface area (Å²) in [4.78, 5) is 12.2. The van der Waals surface area contributed by atoms with Crippen LogP contribution in [0.15, 0.2) is 54.6 Å². The van der Waals surface area contributed by atoms with Crippen molar-refractivity contribution in [3.63, 3.8) is 0 Å². The number of epoxide rings is 1. The van der Waals surface area contributed by atoms with E-state index in [1.807, 2.05) is 30.3 Å². The zero-order chi connectivity index (χ0) is 20.0. The van der Waals surface area contributed by atoms with Crippen molar-refractivity contribution in [2.75, 3.05) is 6.61 Å². The van der Waals surface area contributed by atoms with Crippen LogP contribution < -0.4 is 5.32 Å². The lowest BCUT2D eigenvalue weighted by Crippen LogP contribution is -2.46. The molecule has 1 heterocycles. The van der Waals surface area contributed by atoms with Gasteiger partial charge in [-0.05, 0) is 62.6 Å². The summed E-state index contributed by atoms with van der Waals surface area (Å²) in [5.41, 5.74) is 3.07. The number of nitrogens with one attached hydrogen (secondary N) is 1. The first kappa shape index (κ1) is 20.6. The van der Waals surface area contributed by atoms with E-state index in [0.29, 0.717) is 12.8 Å². The summed E-state index contributed by atoms with van der Waals surface area (Å²) < 4.78 is 5.21. The van der Waals surface area contributed by atoms with Gasteiger partial charge < -0.3 is 15.2 Å². The van der Waals surface area contributed by atoms with E-state index in [4.69, 9.17) is 4.74 Å². The highest BCUT2D eigenvalue weighted by Gasteiger charge is 2.32. The number of rotatable bonds is 6. The molecule has 150 valence electrons. The average molecular weight is 382 g/mol. The molecule has 0 aromatic heterocycles. The van der Waals surface area contributed by atoms with E-state index in [1.165, 1.54) is 19.3 Å². The van der Waals surface area contributed by atoms with Crippen LogP contribution in [0.5, 0.6) is 0 Å². The highest BCUT2D eigenvalue weighted by atomic mass is 16.6. The standard InChI is InChI=1S/C15H21NO3.C9H10/c1-15(2,18)16-14(17)12(9-13-10-19-13)8-11-6-4-3-5-7-11;1-2-5-9-7-3-6-8(9)4-1/h3-7,12-13,18H,8-10H2,1-2H3,(H,16,17);1-2,4-5H,3,6-7H2/t12-,13?;/m1./s1. The Bertz CT molecular complexity index is 740. The van der Waals surface area contributed by atoms with E-state index in [9.17, 15) is 9.90 Å². The minimum absolute atomic E-state index is 0.119. The molecule has 1 fully saturated rings. The fourth-order valence-electron chi connectivity index (χ4n) is 3.62. The Morgan fingerprint density at radius 3 is 2.21 bits per heavy atom. The number of carbonyl (C=O) groups is 1. The number of benzene rings is 2. The Morgan fingerprint density at radius 1 is 1.11 bits per heavy atom. The summed E-state index contributed by atoms with van der Waals surface area (Å²) >= 11 is 0. The van der Waals surface area contributed by atoms with Crippen molar-refractivity contribution in [1.82, 2.24) is 5.32 Å². The van der Waals surface area contributed by atoms with E-state index in [2.05, 4.69) is 29.6 Å². The van der Waals surface area contributed by atoms with E-state index < -0.39 is 5.72 Å². The van der Waals surface area contributed by atoms with Crippen molar-refractivity contribution >= 4 is 5.91 Å². The predicted molar refractivity (Wildman–Crippen MR) is 111 cm³/mol. The first-order chi connectivity index (χ1) is 13.4. The second kappa shape index (κ2) is 9.35. The van der Waals surface area contributed by atoms with Gasteiger partial charge in [0, 0.05) is 5.92 Å². The van der Waals surface area contributed by atoms with Gasteiger partial charge in [0.1, 0.15) is 5.72 Å². The molecule has 4 rings (SSSR count). The molecule has 1 unspecified atom stereocenters. The number of carbonyl (C=O) groups excluding carboxylic acids is 1. The molecule has 1 aliphatic carbocycles. The Morgan fingerprint density at radius 2 is 1.68 bits per heavy atom. The number of fused-ring (bicyclic) bond motifs is 1. The van der Waals surface area contributed by atoms with Crippen LogP contribution in [-0.4, -0.2) is 29.4 Å². The number of amides is 1. The van der Waals surface area contributed by atoms with Crippen LogP contribution in [0, 0.1) is 5.92 Å². The monoisotopic (exact) mass is 381 g/mol. The van der Waals surface area contributed by atoms with Crippen LogP contribution in [0.25, 0.3) is 0 Å². The highest BCUT2D eigenvalue weighted by Crippen LogP contribution is 2.23. The molecule has 2 atom stereocenters. The third kappa shape index (κ3) is 6.77. The van der Waals surface area contributed by atoms with Gasteiger partial charge in [0.25, 0.3) is 0 Å².